The number of hydrogen-bond donors (Lipinski definition) is 2. The Labute approximate surface area is 213 Å². The van der Waals surface area contributed by atoms with Crippen molar-refractivity contribution in [1.82, 2.24) is 10.6 Å². The maximum atomic E-state index is 13.8. The number of nitrogens with one attached hydrogen (secondary N) is 2. The lowest BCUT2D eigenvalue weighted by Gasteiger charge is -2.30. The summed E-state index contributed by atoms with van der Waals surface area (Å²) < 4.78 is 46.0. The Hall–Kier alpha value is -3.07. The van der Waals surface area contributed by atoms with E-state index < -0.39 is 35.1 Å². The molecule has 1 aliphatic carbocycles. The minimum atomic E-state index is -1.14. The Morgan fingerprint density at radius 2 is 1.72 bits per heavy atom. The van der Waals surface area contributed by atoms with Crippen molar-refractivity contribution in [3.63, 3.8) is 0 Å². The van der Waals surface area contributed by atoms with Gasteiger partial charge in [-0.25, -0.2) is 23.0 Å². The summed E-state index contributed by atoms with van der Waals surface area (Å²) in [6.45, 7) is 5.39. The van der Waals surface area contributed by atoms with Crippen LogP contribution in [0.15, 0.2) is 41.4 Å². The molecule has 0 saturated heterocycles. The lowest BCUT2D eigenvalue weighted by Crippen LogP contribution is -2.41. The average molecular weight is 524 g/mol. The number of amides is 2. The average Bonchev–Trinajstić information content (AvgIpc) is 2.75. The fourth-order valence-electron chi connectivity index (χ4n) is 3.98. The van der Waals surface area contributed by atoms with E-state index in [9.17, 15) is 22.8 Å². The normalized spacial score (nSPS) is 18.5. The highest BCUT2D eigenvalue weighted by Crippen LogP contribution is 2.29. The van der Waals surface area contributed by atoms with Crippen LogP contribution < -0.4 is 10.6 Å². The number of ether oxygens (including phenoxy) is 1. The van der Waals surface area contributed by atoms with Gasteiger partial charge >= 0.3 is 6.09 Å². The molecule has 2 aromatic rings. The number of benzene rings is 2. The molecule has 194 valence electrons. The molecule has 0 atom stereocenters. The first-order valence-corrected chi connectivity index (χ1v) is 12.1. The van der Waals surface area contributed by atoms with Crippen molar-refractivity contribution in [1.29, 1.82) is 0 Å². The highest BCUT2D eigenvalue weighted by molar-refractivity contribution is 6.30. The second-order valence-corrected chi connectivity index (χ2v) is 10.3. The molecule has 0 bridgehead atoms. The maximum absolute atomic E-state index is 13.8. The molecule has 0 aliphatic heterocycles. The number of rotatable bonds is 5. The van der Waals surface area contributed by atoms with Gasteiger partial charge in [0.2, 0.25) is 0 Å². The zero-order valence-corrected chi connectivity index (χ0v) is 21.1. The van der Waals surface area contributed by atoms with E-state index in [-0.39, 0.29) is 34.1 Å². The molecule has 6 nitrogen and oxygen atoms in total. The Kier molecular flexibility index (Phi) is 9.00. The van der Waals surface area contributed by atoms with Crippen LogP contribution in [0.2, 0.25) is 5.02 Å². The molecule has 36 heavy (non-hydrogen) atoms. The van der Waals surface area contributed by atoms with E-state index in [2.05, 4.69) is 15.6 Å². The molecule has 1 saturated carbocycles. The quantitative estimate of drug-likeness (QED) is 0.338. The molecule has 3 rings (SSSR count). The number of hydrogen-bond acceptors (Lipinski definition) is 4. The summed E-state index contributed by atoms with van der Waals surface area (Å²) in [5.41, 5.74) is -0.456. The van der Waals surface area contributed by atoms with Crippen LogP contribution in [0.1, 0.15) is 63.2 Å². The second kappa shape index (κ2) is 11.8. The van der Waals surface area contributed by atoms with Crippen molar-refractivity contribution < 1.29 is 27.5 Å². The first-order valence-electron chi connectivity index (χ1n) is 11.7. The molecule has 0 radical (unpaired) electrons. The van der Waals surface area contributed by atoms with Crippen LogP contribution in [-0.2, 0) is 4.74 Å². The number of halogens is 4. The summed E-state index contributed by atoms with van der Waals surface area (Å²) in [5.74, 6) is -3.10. The predicted molar refractivity (Wildman–Crippen MR) is 132 cm³/mol. The minimum Gasteiger partial charge on any atom is -0.444 e. The van der Waals surface area contributed by atoms with Crippen LogP contribution in [0.3, 0.4) is 0 Å². The van der Waals surface area contributed by atoms with Gasteiger partial charge in [-0.2, -0.15) is 0 Å². The van der Waals surface area contributed by atoms with Crippen molar-refractivity contribution in [2.75, 3.05) is 0 Å². The van der Waals surface area contributed by atoms with Crippen molar-refractivity contribution in [2.24, 2.45) is 10.9 Å². The fraction of sp³-hybridized carbons (Fsp3) is 0.423. The predicted octanol–water partition coefficient (Wildman–Crippen LogP) is 6.69. The Bertz CT molecular complexity index is 1120. The van der Waals surface area contributed by atoms with Crippen LogP contribution in [0.5, 0.6) is 0 Å². The standard InChI is InChI=1S/C26H29ClF3N3O3/c1-26(2,3)36-25(35)32-19-7-4-15(5-8-19)10-23(31-20-13-17(27)12-18(28)14-20)33-24(34)16-6-9-21(29)22(30)11-16/h6,9,11-15,19H,4-5,7-8,10H2,1-3H3,(H,32,35)(H,31,33,34). The number of aliphatic imine (C=N–C) groups is 1. The minimum absolute atomic E-state index is 0.0321. The lowest BCUT2D eigenvalue weighted by atomic mass is 9.84. The van der Waals surface area contributed by atoms with Gasteiger partial charge in [0.25, 0.3) is 5.91 Å². The van der Waals surface area contributed by atoms with Gasteiger partial charge < -0.3 is 15.4 Å². The van der Waals surface area contributed by atoms with Gasteiger partial charge in [0.1, 0.15) is 17.3 Å². The first-order chi connectivity index (χ1) is 16.9. The fourth-order valence-corrected chi connectivity index (χ4v) is 4.20. The molecule has 2 aromatic carbocycles. The van der Waals surface area contributed by atoms with Gasteiger partial charge in [0.05, 0.1) is 5.69 Å². The number of nitrogens with zero attached hydrogens (tertiary/aromatic N) is 1. The van der Waals surface area contributed by atoms with Crippen LogP contribution in [-0.4, -0.2) is 29.5 Å². The molecule has 1 fully saturated rings. The van der Waals surface area contributed by atoms with E-state index in [1.165, 1.54) is 12.1 Å². The third-order valence-electron chi connectivity index (χ3n) is 5.60. The Morgan fingerprint density at radius 3 is 2.33 bits per heavy atom. The number of amidine groups is 1. The second-order valence-electron chi connectivity index (χ2n) is 9.84. The first kappa shape index (κ1) is 27.5. The van der Waals surface area contributed by atoms with E-state index >= 15 is 0 Å². The van der Waals surface area contributed by atoms with Crippen LogP contribution in [0.25, 0.3) is 0 Å². The molecule has 2 amide bonds. The van der Waals surface area contributed by atoms with Gasteiger partial charge in [-0.1, -0.05) is 11.6 Å². The molecule has 0 aromatic heterocycles. The van der Waals surface area contributed by atoms with Gasteiger partial charge in [-0.15, -0.1) is 0 Å². The van der Waals surface area contributed by atoms with Crippen molar-refractivity contribution >= 4 is 35.1 Å². The summed E-state index contributed by atoms with van der Waals surface area (Å²) in [6, 6.07) is 6.57. The van der Waals surface area contributed by atoms with Crippen LogP contribution in [0.4, 0.5) is 23.7 Å². The van der Waals surface area contributed by atoms with E-state index in [0.717, 1.165) is 37.1 Å². The van der Waals surface area contributed by atoms with Crippen LogP contribution >= 0.6 is 11.6 Å². The Morgan fingerprint density at radius 1 is 1.03 bits per heavy atom. The molecule has 0 heterocycles. The summed E-state index contributed by atoms with van der Waals surface area (Å²) in [4.78, 5) is 29.2. The molecule has 1 aliphatic rings. The lowest BCUT2D eigenvalue weighted by molar-refractivity contribution is 0.0487. The third-order valence-corrected chi connectivity index (χ3v) is 5.82. The van der Waals surface area contributed by atoms with Crippen molar-refractivity contribution in [3.8, 4) is 0 Å². The SMILES string of the molecule is CC(C)(C)OC(=O)NC1CCC(CC(=Nc2cc(F)cc(Cl)c2)NC(=O)c2ccc(F)c(F)c2)CC1. The highest BCUT2D eigenvalue weighted by atomic mass is 35.5. The van der Waals surface area contributed by atoms with E-state index in [1.807, 2.05) is 0 Å². The number of carbonyl (C=O) groups excluding carboxylic acids is 2. The van der Waals surface area contributed by atoms with E-state index in [1.54, 1.807) is 20.8 Å². The number of carbonyl (C=O) groups is 2. The molecule has 10 heteroatoms. The molecule has 0 spiro atoms. The molecule has 0 unspecified atom stereocenters. The van der Waals surface area contributed by atoms with Gasteiger partial charge in [-0.05, 0) is 88.8 Å². The highest BCUT2D eigenvalue weighted by Gasteiger charge is 2.26. The van der Waals surface area contributed by atoms with Gasteiger partial charge in [-0.3, -0.25) is 4.79 Å². The smallest absolute Gasteiger partial charge is 0.407 e. The zero-order chi connectivity index (χ0) is 26.5. The summed E-state index contributed by atoms with van der Waals surface area (Å²) in [7, 11) is 0. The van der Waals surface area contributed by atoms with Crippen molar-refractivity contribution in [2.45, 2.75) is 64.5 Å². The van der Waals surface area contributed by atoms with Gasteiger partial charge in [0, 0.05) is 23.0 Å². The van der Waals surface area contributed by atoms with E-state index in [4.69, 9.17) is 16.3 Å². The van der Waals surface area contributed by atoms with Gasteiger partial charge in [0.15, 0.2) is 11.6 Å². The van der Waals surface area contributed by atoms with E-state index in [0.29, 0.717) is 19.3 Å². The maximum Gasteiger partial charge on any atom is 0.407 e. The zero-order valence-electron chi connectivity index (χ0n) is 20.3. The number of alkyl carbamates (subject to hydrolysis) is 1. The van der Waals surface area contributed by atoms with Crippen LogP contribution in [0, 0.1) is 23.4 Å². The third kappa shape index (κ3) is 8.55. The monoisotopic (exact) mass is 523 g/mol. The molecule has 2 N–H and O–H groups in total. The summed E-state index contributed by atoms with van der Waals surface area (Å²) in [6.07, 6.45) is 2.78. The Balaban J connectivity index is 1.70. The van der Waals surface area contributed by atoms with Crippen molar-refractivity contribution in [3.05, 3.63) is 64.4 Å². The summed E-state index contributed by atoms with van der Waals surface area (Å²) in [5, 5.41) is 5.68. The largest absolute Gasteiger partial charge is 0.444 e. The molecular formula is C26H29ClF3N3O3. The summed E-state index contributed by atoms with van der Waals surface area (Å²) >= 11 is 5.94. The topological polar surface area (TPSA) is 79.8 Å². The molecular weight excluding hydrogens is 495 g/mol.